The average Bonchev–Trinajstić information content (AvgIpc) is 3.65. The Labute approximate surface area is 218 Å². The fourth-order valence-electron chi connectivity index (χ4n) is 4.47. The lowest BCUT2D eigenvalue weighted by Gasteiger charge is -2.26. The van der Waals surface area contributed by atoms with Crippen LogP contribution in [0.15, 0.2) is 53.9 Å². The van der Waals surface area contributed by atoms with Gasteiger partial charge in [0.25, 0.3) is 5.91 Å². The minimum atomic E-state index is -4.69. The van der Waals surface area contributed by atoms with Crippen LogP contribution in [-0.2, 0) is 17.5 Å². The normalized spacial score (nSPS) is 14.9. The summed E-state index contributed by atoms with van der Waals surface area (Å²) in [6.45, 7) is 4.26. The molecule has 196 valence electrons. The van der Waals surface area contributed by atoms with Gasteiger partial charge in [-0.15, -0.1) is 11.3 Å². The molecular weight excluding hydrogens is 519 g/mol. The molecule has 1 aliphatic rings. The number of benzene rings is 1. The Morgan fingerprint density at radius 3 is 2.63 bits per heavy atom. The molecule has 1 aromatic carbocycles. The number of aromatic nitrogens is 5. The van der Waals surface area contributed by atoms with Gasteiger partial charge in [0.2, 0.25) is 5.95 Å². The Morgan fingerprint density at radius 2 is 1.87 bits per heavy atom. The van der Waals surface area contributed by atoms with Crippen molar-refractivity contribution in [1.82, 2.24) is 29.0 Å². The number of rotatable bonds is 6. The molecule has 5 heterocycles. The van der Waals surface area contributed by atoms with E-state index in [1.165, 1.54) is 17.4 Å². The largest absolute Gasteiger partial charge is 0.433 e. The highest BCUT2D eigenvalue weighted by molar-refractivity contribution is 7.13. The van der Waals surface area contributed by atoms with Gasteiger partial charge in [-0.25, -0.2) is 14.5 Å². The molecule has 1 N–H and O–H groups in total. The first-order valence-corrected chi connectivity index (χ1v) is 12.8. The molecule has 0 bridgehead atoms. The highest BCUT2D eigenvalue weighted by atomic mass is 32.1. The fraction of sp³-hybridized carbons (Fsp3) is 0.280. The Hall–Kier alpha value is -3.81. The van der Waals surface area contributed by atoms with Crippen molar-refractivity contribution in [2.75, 3.05) is 38.2 Å². The van der Waals surface area contributed by atoms with Crippen LogP contribution in [0.5, 0.6) is 0 Å². The van der Waals surface area contributed by atoms with Gasteiger partial charge in [0.15, 0.2) is 17.0 Å². The van der Waals surface area contributed by atoms with Gasteiger partial charge in [0.05, 0.1) is 34.8 Å². The first-order chi connectivity index (χ1) is 18.4. The van der Waals surface area contributed by atoms with Gasteiger partial charge in [-0.1, -0.05) is 18.2 Å². The van der Waals surface area contributed by atoms with Crippen molar-refractivity contribution in [2.24, 2.45) is 0 Å². The second kappa shape index (κ2) is 9.82. The molecular formula is C25H22F3N7O2S. The number of nitrogens with one attached hydrogen (secondary N) is 1. The molecule has 13 heteroatoms. The number of anilines is 1. The molecule has 0 saturated carbocycles. The molecule has 0 unspecified atom stereocenters. The van der Waals surface area contributed by atoms with Crippen LogP contribution in [-0.4, -0.2) is 67.8 Å². The number of morpholine rings is 1. The van der Waals surface area contributed by atoms with Crippen molar-refractivity contribution in [2.45, 2.75) is 12.7 Å². The van der Waals surface area contributed by atoms with Gasteiger partial charge in [-0.05, 0) is 29.6 Å². The maximum absolute atomic E-state index is 13.9. The van der Waals surface area contributed by atoms with Crippen LogP contribution in [0.3, 0.4) is 0 Å². The van der Waals surface area contributed by atoms with Gasteiger partial charge < -0.3 is 9.30 Å². The van der Waals surface area contributed by atoms with Crippen LogP contribution < -0.4 is 5.32 Å². The Bertz CT molecular complexity index is 1600. The molecule has 9 nitrogen and oxygen atoms in total. The SMILES string of the molecule is O=C(Nc1nc2ccccc2n1CCN1CCOCC1)c1cc2nc(-c3cccs3)cc(C(F)(F)F)n2n1. The van der Waals surface area contributed by atoms with Crippen molar-refractivity contribution in [3.05, 3.63) is 65.3 Å². The van der Waals surface area contributed by atoms with Crippen LogP contribution >= 0.6 is 11.3 Å². The molecule has 6 rings (SSSR count). The lowest BCUT2D eigenvalue weighted by Crippen LogP contribution is -2.38. The van der Waals surface area contributed by atoms with E-state index in [9.17, 15) is 18.0 Å². The highest BCUT2D eigenvalue weighted by Crippen LogP contribution is 2.33. The third-order valence-electron chi connectivity index (χ3n) is 6.35. The number of hydrogen-bond donors (Lipinski definition) is 1. The van der Waals surface area contributed by atoms with Crippen molar-refractivity contribution in [3.63, 3.8) is 0 Å². The van der Waals surface area contributed by atoms with Gasteiger partial charge in [-0.3, -0.25) is 15.0 Å². The summed E-state index contributed by atoms with van der Waals surface area (Å²) < 4.78 is 49.7. The van der Waals surface area contributed by atoms with Crippen molar-refractivity contribution >= 4 is 39.9 Å². The van der Waals surface area contributed by atoms with E-state index in [4.69, 9.17) is 4.74 Å². The molecule has 0 atom stereocenters. The van der Waals surface area contributed by atoms with Gasteiger partial charge >= 0.3 is 6.18 Å². The van der Waals surface area contributed by atoms with E-state index in [1.807, 2.05) is 28.8 Å². The van der Waals surface area contributed by atoms with E-state index < -0.39 is 17.8 Å². The molecule has 0 spiro atoms. The van der Waals surface area contributed by atoms with Crippen molar-refractivity contribution in [1.29, 1.82) is 0 Å². The predicted octanol–water partition coefficient (Wildman–Crippen LogP) is 4.41. The van der Waals surface area contributed by atoms with Crippen LogP contribution in [0.1, 0.15) is 16.2 Å². The number of nitrogens with zero attached hydrogens (tertiary/aromatic N) is 6. The van der Waals surface area contributed by atoms with E-state index in [0.29, 0.717) is 40.6 Å². The summed E-state index contributed by atoms with van der Waals surface area (Å²) in [6, 6.07) is 13.1. The van der Waals surface area contributed by atoms with Gasteiger partial charge in [-0.2, -0.15) is 18.3 Å². The number of carbonyl (C=O) groups is 1. The van der Waals surface area contributed by atoms with E-state index in [0.717, 1.165) is 31.2 Å². The summed E-state index contributed by atoms with van der Waals surface area (Å²) in [4.78, 5) is 25.0. The summed E-state index contributed by atoms with van der Waals surface area (Å²) in [5.41, 5.74) is 0.417. The first-order valence-electron chi connectivity index (χ1n) is 12.0. The summed E-state index contributed by atoms with van der Waals surface area (Å²) in [6.07, 6.45) is -4.69. The topological polar surface area (TPSA) is 89.6 Å². The molecule has 4 aromatic heterocycles. The number of amides is 1. The number of ether oxygens (including phenoxy) is 1. The summed E-state index contributed by atoms with van der Waals surface area (Å²) in [5, 5.41) is 8.48. The molecule has 1 amide bonds. The third-order valence-corrected chi connectivity index (χ3v) is 7.24. The first kappa shape index (κ1) is 24.5. The number of thiophene rings is 1. The van der Waals surface area contributed by atoms with Gasteiger partial charge in [0, 0.05) is 32.2 Å². The molecule has 0 aliphatic carbocycles. The van der Waals surface area contributed by atoms with E-state index in [-0.39, 0.29) is 17.0 Å². The van der Waals surface area contributed by atoms with Crippen LogP contribution in [0.4, 0.5) is 19.1 Å². The van der Waals surface area contributed by atoms with Gasteiger partial charge in [0.1, 0.15) is 0 Å². The smallest absolute Gasteiger partial charge is 0.379 e. The number of imidazole rings is 1. The predicted molar refractivity (Wildman–Crippen MR) is 136 cm³/mol. The third kappa shape index (κ3) is 4.75. The highest BCUT2D eigenvalue weighted by Gasteiger charge is 2.36. The number of alkyl halides is 3. The average molecular weight is 542 g/mol. The van der Waals surface area contributed by atoms with Crippen LogP contribution in [0.2, 0.25) is 0 Å². The quantitative estimate of drug-likeness (QED) is 0.343. The Kier molecular flexibility index (Phi) is 6.33. The molecule has 38 heavy (non-hydrogen) atoms. The van der Waals surface area contributed by atoms with E-state index in [1.54, 1.807) is 17.5 Å². The maximum atomic E-state index is 13.9. The number of carbonyl (C=O) groups excluding carboxylic acids is 1. The zero-order chi connectivity index (χ0) is 26.3. The molecule has 1 fully saturated rings. The fourth-order valence-corrected chi connectivity index (χ4v) is 5.15. The standard InChI is InChI=1S/C25H22F3N7O2S/c26-25(27,28)21-14-17(20-6-3-13-38-20)29-22-15-18(32-35(21)22)23(36)31-24-30-16-4-1-2-5-19(16)34(24)8-7-33-9-11-37-12-10-33/h1-6,13-15H,7-12H2,(H,30,31,36). The summed E-state index contributed by atoms with van der Waals surface area (Å²) in [7, 11) is 0. The van der Waals surface area contributed by atoms with Crippen LogP contribution in [0, 0.1) is 0 Å². The lowest BCUT2D eigenvalue weighted by atomic mass is 10.2. The number of halogens is 3. The summed E-state index contributed by atoms with van der Waals surface area (Å²) >= 11 is 1.28. The van der Waals surface area contributed by atoms with Crippen LogP contribution in [0.25, 0.3) is 27.3 Å². The molecule has 1 aliphatic heterocycles. The molecule has 1 saturated heterocycles. The minimum absolute atomic E-state index is 0.0748. The Balaban J connectivity index is 1.33. The zero-order valence-corrected chi connectivity index (χ0v) is 20.8. The zero-order valence-electron chi connectivity index (χ0n) is 20.0. The number of hydrogen-bond acceptors (Lipinski definition) is 7. The lowest BCUT2D eigenvalue weighted by molar-refractivity contribution is -0.142. The Morgan fingerprint density at radius 1 is 1.05 bits per heavy atom. The van der Waals surface area contributed by atoms with Crippen molar-refractivity contribution < 1.29 is 22.7 Å². The van der Waals surface area contributed by atoms with E-state index in [2.05, 4.69) is 25.3 Å². The number of para-hydroxylation sites is 2. The second-order valence-electron chi connectivity index (χ2n) is 8.79. The minimum Gasteiger partial charge on any atom is -0.379 e. The number of fused-ring (bicyclic) bond motifs is 2. The summed E-state index contributed by atoms with van der Waals surface area (Å²) in [5.74, 6) is -0.381. The van der Waals surface area contributed by atoms with Crippen molar-refractivity contribution in [3.8, 4) is 10.6 Å². The van der Waals surface area contributed by atoms with E-state index >= 15 is 0 Å². The monoisotopic (exact) mass is 541 g/mol. The molecule has 0 radical (unpaired) electrons. The maximum Gasteiger partial charge on any atom is 0.433 e. The molecule has 5 aromatic rings. The second-order valence-corrected chi connectivity index (χ2v) is 9.73.